The van der Waals surface area contributed by atoms with Gasteiger partial charge < -0.3 is 10.6 Å². The standard InChI is InChI=1S/C13H14F3N3O/c14-13(15,16)11-4-2-10(3-5-11)8-18-9-12(20)19-7-1-6-17/h2-5,18H,1,7-9H2,(H,19,20). The first-order valence-corrected chi connectivity index (χ1v) is 5.94. The van der Waals surface area contributed by atoms with Crippen LogP contribution in [0.1, 0.15) is 17.5 Å². The van der Waals surface area contributed by atoms with Crippen molar-refractivity contribution in [2.24, 2.45) is 0 Å². The van der Waals surface area contributed by atoms with Crippen molar-refractivity contribution in [1.29, 1.82) is 5.26 Å². The van der Waals surface area contributed by atoms with Crippen LogP contribution in [-0.2, 0) is 17.5 Å². The molecule has 1 aromatic carbocycles. The van der Waals surface area contributed by atoms with E-state index in [1.165, 1.54) is 12.1 Å². The van der Waals surface area contributed by atoms with Gasteiger partial charge in [0.05, 0.1) is 24.6 Å². The molecule has 0 aromatic heterocycles. The van der Waals surface area contributed by atoms with Crippen LogP contribution < -0.4 is 10.6 Å². The monoisotopic (exact) mass is 285 g/mol. The van der Waals surface area contributed by atoms with Crippen molar-refractivity contribution >= 4 is 5.91 Å². The zero-order valence-electron chi connectivity index (χ0n) is 10.6. The van der Waals surface area contributed by atoms with Gasteiger partial charge in [-0.15, -0.1) is 0 Å². The highest BCUT2D eigenvalue weighted by atomic mass is 19.4. The highest BCUT2D eigenvalue weighted by Gasteiger charge is 2.29. The molecule has 1 aromatic rings. The van der Waals surface area contributed by atoms with Gasteiger partial charge in [0.2, 0.25) is 5.91 Å². The minimum atomic E-state index is -4.34. The SMILES string of the molecule is N#CCCNC(=O)CNCc1ccc(C(F)(F)F)cc1. The van der Waals surface area contributed by atoms with E-state index in [1.54, 1.807) is 0 Å². The third-order valence-corrected chi connectivity index (χ3v) is 2.45. The van der Waals surface area contributed by atoms with Crippen molar-refractivity contribution in [3.05, 3.63) is 35.4 Å². The minimum absolute atomic E-state index is 0.0481. The molecule has 0 unspecified atom stereocenters. The summed E-state index contributed by atoms with van der Waals surface area (Å²) in [6.45, 7) is 0.632. The van der Waals surface area contributed by atoms with Crippen LogP contribution in [0.4, 0.5) is 13.2 Å². The summed E-state index contributed by atoms with van der Waals surface area (Å²) >= 11 is 0. The number of hydrogen-bond acceptors (Lipinski definition) is 3. The smallest absolute Gasteiger partial charge is 0.354 e. The first-order valence-electron chi connectivity index (χ1n) is 5.94. The van der Waals surface area contributed by atoms with E-state index in [1.807, 2.05) is 6.07 Å². The van der Waals surface area contributed by atoms with Crippen LogP contribution in [0.5, 0.6) is 0 Å². The molecule has 0 aliphatic carbocycles. The van der Waals surface area contributed by atoms with E-state index < -0.39 is 11.7 Å². The first-order chi connectivity index (χ1) is 9.43. The number of nitriles is 1. The average molecular weight is 285 g/mol. The zero-order valence-corrected chi connectivity index (χ0v) is 10.6. The van der Waals surface area contributed by atoms with E-state index in [0.29, 0.717) is 12.1 Å². The molecule has 0 fully saturated rings. The molecule has 0 aliphatic rings. The molecule has 0 spiro atoms. The lowest BCUT2D eigenvalue weighted by molar-refractivity contribution is -0.137. The summed E-state index contributed by atoms with van der Waals surface area (Å²) in [5.41, 5.74) is -0.0432. The lowest BCUT2D eigenvalue weighted by Gasteiger charge is -2.08. The number of benzene rings is 1. The molecule has 0 saturated heterocycles. The number of amides is 1. The van der Waals surface area contributed by atoms with Crippen LogP contribution in [0.15, 0.2) is 24.3 Å². The topological polar surface area (TPSA) is 64.9 Å². The number of nitrogens with zero attached hydrogens (tertiary/aromatic N) is 1. The van der Waals surface area contributed by atoms with Crippen molar-refractivity contribution in [2.75, 3.05) is 13.1 Å². The first kappa shape index (κ1) is 16.0. The molecule has 7 heteroatoms. The van der Waals surface area contributed by atoms with E-state index in [-0.39, 0.29) is 25.4 Å². The average Bonchev–Trinajstić information content (AvgIpc) is 2.38. The van der Waals surface area contributed by atoms with Gasteiger partial charge in [0.25, 0.3) is 0 Å². The second kappa shape index (κ2) is 7.50. The Morgan fingerprint density at radius 2 is 1.90 bits per heavy atom. The Morgan fingerprint density at radius 3 is 2.45 bits per heavy atom. The lowest BCUT2D eigenvalue weighted by Crippen LogP contribution is -2.34. The van der Waals surface area contributed by atoms with Crippen molar-refractivity contribution < 1.29 is 18.0 Å². The van der Waals surface area contributed by atoms with Gasteiger partial charge in [0, 0.05) is 13.1 Å². The quantitative estimate of drug-likeness (QED) is 0.784. The summed E-state index contributed by atoms with van der Waals surface area (Å²) in [4.78, 5) is 11.3. The molecule has 20 heavy (non-hydrogen) atoms. The number of carbonyl (C=O) groups excluding carboxylic acids is 1. The number of alkyl halides is 3. The minimum Gasteiger partial charge on any atom is -0.354 e. The van der Waals surface area contributed by atoms with E-state index in [9.17, 15) is 18.0 Å². The summed E-state index contributed by atoms with van der Waals surface area (Å²) < 4.78 is 37.0. The third-order valence-electron chi connectivity index (χ3n) is 2.45. The number of halogens is 3. The van der Waals surface area contributed by atoms with E-state index >= 15 is 0 Å². The zero-order chi connectivity index (χ0) is 15.0. The summed E-state index contributed by atoms with van der Waals surface area (Å²) in [6.07, 6.45) is -4.10. The summed E-state index contributed by atoms with van der Waals surface area (Å²) in [6, 6.07) is 6.63. The Labute approximate surface area is 114 Å². The number of carbonyl (C=O) groups is 1. The van der Waals surface area contributed by atoms with Gasteiger partial charge >= 0.3 is 6.18 Å². The van der Waals surface area contributed by atoms with Gasteiger partial charge in [0.1, 0.15) is 0 Å². The summed E-state index contributed by atoms with van der Waals surface area (Å²) in [5.74, 6) is -0.257. The van der Waals surface area contributed by atoms with Gasteiger partial charge in [-0.05, 0) is 17.7 Å². The van der Waals surface area contributed by atoms with Crippen molar-refractivity contribution in [1.82, 2.24) is 10.6 Å². The van der Waals surface area contributed by atoms with Crippen molar-refractivity contribution in [3.63, 3.8) is 0 Å². The molecule has 2 N–H and O–H groups in total. The molecule has 0 radical (unpaired) electrons. The van der Waals surface area contributed by atoms with Crippen molar-refractivity contribution in [3.8, 4) is 6.07 Å². The molecular formula is C13H14F3N3O. The van der Waals surface area contributed by atoms with Crippen molar-refractivity contribution in [2.45, 2.75) is 19.1 Å². The molecule has 0 aliphatic heterocycles. The van der Waals surface area contributed by atoms with E-state index in [0.717, 1.165) is 12.1 Å². The predicted molar refractivity (Wildman–Crippen MR) is 66.4 cm³/mol. The fraction of sp³-hybridized carbons (Fsp3) is 0.385. The van der Waals surface area contributed by atoms with Gasteiger partial charge in [0.15, 0.2) is 0 Å². The number of hydrogen-bond donors (Lipinski definition) is 2. The van der Waals surface area contributed by atoms with Crippen LogP contribution in [0, 0.1) is 11.3 Å². The molecular weight excluding hydrogens is 271 g/mol. The van der Waals surface area contributed by atoms with Gasteiger partial charge in [-0.25, -0.2) is 0 Å². The van der Waals surface area contributed by atoms with Crippen LogP contribution in [0.3, 0.4) is 0 Å². The third kappa shape index (κ3) is 5.71. The molecule has 0 heterocycles. The van der Waals surface area contributed by atoms with Crippen LogP contribution in [0.25, 0.3) is 0 Å². The number of nitrogens with one attached hydrogen (secondary N) is 2. The van der Waals surface area contributed by atoms with Gasteiger partial charge in [-0.2, -0.15) is 18.4 Å². The van der Waals surface area contributed by atoms with Crippen LogP contribution in [-0.4, -0.2) is 19.0 Å². The van der Waals surface area contributed by atoms with E-state index in [4.69, 9.17) is 5.26 Å². The Kier molecular flexibility index (Phi) is 6.00. The van der Waals surface area contributed by atoms with Crippen LogP contribution in [0.2, 0.25) is 0 Å². The lowest BCUT2D eigenvalue weighted by atomic mass is 10.1. The summed E-state index contributed by atoms with van der Waals surface area (Å²) in [5, 5.41) is 13.6. The Balaban J connectivity index is 2.32. The summed E-state index contributed by atoms with van der Waals surface area (Å²) in [7, 11) is 0. The largest absolute Gasteiger partial charge is 0.416 e. The van der Waals surface area contributed by atoms with Gasteiger partial charge in [-0.3, -0.25) is 4.79 Å². The second-order valence-corrected chi connectivity index (χ2v) is 4.06. The second-order valence-electron chi connectivity index (χ2n) is 4.06. The van der Waals surface area contributed by atoms with Crippen LogP contribution >= 0.6 is 0 Å². The fourth-order valence-corrected chi connectivity index (χ4v) is 1.45. The number of rotatable bonds is 6. The van der Waals surface area contributed by atoms with Gasteiger partial charge in [-0.1, -0.05) is 12.1 Å². The Morgan fingerprint density at radius 1 is 1.25 bits per heavy atom. The Bertz CT molecular complexity index is 477. The normalized spacial score (nSPS) is 10.9. The van der Waals surface area contributed by atoms with E-state index in [2.05, 4.69) is 10.6 Å². The maximum Gasteiger partial charge on any atom is 0.416 e. The molecule has 1 amide bonds. The highest BCUT2D eigenvalue weighted by Crippen LogP contribution is 2.28. The fourth-order valence-electron chi connectivity index (χ4n) is 1.45. The maximum absolute atomic E-state index is 12.3. The highest BCUT2D eigenvalue weighted by molar-refractivity contribution is 5.77. The predicted octanol–water partition coefficient (Wildman–Crippen LogP) is 1.82. The molecule has 0 bridgehead atoms. The Hall–Kier alpha value is -2.07. The molecule has 4 nitrogen and oxygen atoms in total. The molecule has 0 saturated carbocycles. The molecule has 1 rings (SSSR count). The maximum atomic E-state index is 12.3. The molecule has 0 atom stereocenters. The molecule has 108 valence electrons.